The SMILES string of the molecule is COCC(=O)Nc1cc(NC(=O)C2CCCN(C(=O)N(C)C)C2)ccc1OC. The number of piperidine rings is 1. The summed E-state index contributed by atoms with van der Waals surface area (Å²) < 4.78 is 10.1. The number of ether oxygens (including phenoxy) is 2. The normalized spacial score (nSPS) is 16.3. The Morgan fingerprint density at radius 3 is 2.61 bits per heavy atom. The average Bonchev–Trinajstić information content (AvgIpc) is 2.67. The number of carbonyl (C=O) groups excluding carboxylic acids is 3. The van der Waals surface area contributed by atoms with Gasteiger partial charge in [-0.25, -0.2) is 4.79 Å². The number of methoxy groups -OCH3 is 2. The Balaban J connectivity index is 2.06. The molecule has 1 aliphatic rings. The van der Waals surface area contributed by atoms with E-state index in [1.54, 1.807) is 37.2 Å². The largest absolute Gasteiger partial charge is 0.495 e. The number of anilines is 2. The van der Waals surface area contributed by atoms with Crippen molar-refractivity contribution in [1.82, 2.24) is 9.80 Å². The van der Waals surface area contributed by atoms with Gasteiger partial charge >= 0.3 is 6.03 Å². The fourth-order valence-corrected chi connectivity index (χ4v) is 3.09. The highest BCUT2D eigenvalue weighted by Crippen LogP contribution is 2.28. The van der Waals surface area contributed by atoms with E-state index in [9.17, 15) is 14.4 Å². The molecular formula is C19H28N4O5. The molecule has 0 aliphatic carbocycles. The topological polar surface area (TPSA) is 100 Å². The van der Waals surface area contributed by atoms with Gasteiger partial charge in [-0.1, -0.05) is 0 Å². The van der Waals surface area contributed by atoms with E-state index in [4.69, 9.17) is 9.47 Å². The molecule has 154 valence electrons. The monoisotopic (exact) mass is 392 g/mol. The molecule has 0 aromatic heterocycles. The number of nitrogens with one attached hydrogen (secondary N) is 2. The summed E-state index contributed by atoms with van der Waals surface area (Å²) in [5.41, 5.74) is 0.977. The van der Waals surface area contributed by atoms with Crippen LogP contribution in [0.15, 0.2) is 18.2 Å². The number of urea groups is 1. The summed E-state index contributed by atoms with van der Waals surface area (Å²) in [5, 5.41) is 5.56. The van der Waals surface area contributed by atoms with E-state index >= 15 is 0 Å². The molecule has 2 rings (SSSR count). The highest BCUT2D eigenvalue weighted by Gasteiger charge is 2.29. The molecule has 28 heavy (non-hydrogen) atoms. The van der Waals surface area contributed by atoms with Crippen LogP contribution in [-0.2, 0) is 14.3 Å². The fraction of sp³-hybridized carbons (Fsp3) is 0.526. The van der Waals surface area contributed by atoms with E-state index in [0.717, 1.165) is 12.8 Å². The molecule has 0 radical (unpaired) electrons. The van der Waals surface area contributed by atoms with Gasteiger partial charge in [0, 0.05) is 40.0 Å². The number of carbonyl (C=O) groups is 3. The van der Waals surface area contributed by atoms with Crippen molar-refractivity contribution < 1.29 is 23.9 Å². The van der Waals surface area contributed by atoms with Gasteiger partial charge in [0.1, 0.15) is 12.4 Å². The summed E-state index contributed by atoms with van der Waals surface area (Å²) >= 11 is 0. The van der Waals surface area contributed by atoms with Gasteiger partial charge in [0.25, 0.3) is 0 Å². The molecular weight excluding hydrogens is 364 g/mol. The zero-order chi connectivity index (χ0) is 20.7. The minimum absolute atomic E-state index is 0.0858. The van der Waals surface area contributed by atoms with Crippen LogP contribution >= 0.6 is 0 Å². The number of nitrogens with zero attached hydrogens (tertiary/aromatic N) is 2. The lowest BCUT2D eigenvalue weighted by Crippen LogP contribution is -2.47. The van der Waals surface area contributed by atoms with Gasteiger partial charge in [-0.3, -0.25) is 9.59 Å². The molecule has 9 nitrogen and oxygen atoms in total. The molecule has 0 bridgehead atoms. The fourth-order valence-electron chi connectivity index (χ4n) is 3.09. The third-order valence-electron chi connectivity index (χ3n) is 4.46. The van der Waals surface area contributed by atoms with Gasteiger partial charge < -0.3 is 29.9 Å². The van der Waals surface area contributed by atoms with Crippen LogP contribution in [0.25, 0.3) is 0 Å². The molecule has 2 N–H and O–H groups in total. The number of rotatable bonds is 6. The first-order valence-electron chi connectivity index (χ1n) is 9.09. The van der Waals surface area contributed by atoms with Crippen molar-refractivity contribution in [3.8, 4) is 5.75 Å². The second-order valence-corrected chi connectivity index (χ2v) is 6.85. The first kappa shape index (κ1) is 21.5. The van der Waals surface area contributed by atoms with Crippen LogP contribution in [-0.4, -0.2) is 75.7 Å². The molecule has 0 saturated carbocycles. The molecule has 1 saturated heterocycles. The molecule has 1 aliphatic heterocycles. The summed E-state index contributed by atoms with van der Waals surface area (Å²) in [6, 6.07) is 4.91. The molecule has 1 aromatic rings. The quantitative estimate of drug-likeness (QED) is 0.766. The number of likely N-dealkylation sites (tertiary alicyclic amines) is 1. The van der Waals surface area contributed by atoms with Crippen molar-refractivity contribution in [3.05, 3.63) is 18.2 Å². The molecule has 9 heteroatoms. The zero-order valence-electron chi connectivity index (χ0n) is 16.8. The first-order chi connectivity index (χ1) is 13.3. The average molecular weight is 392 g/mol. The molecule has 1 atom stereocenters. The van der Waals surface area contributed by atoms with Gasteiger partial charge in [-0.15, -0.1) is 0 Å². The predicted octanol–water partition coefficient (Wildman–Crippen LogP) is 1.61. The lowest BCUT2D eigenvalue weighted by Gasteiger charge is -2.33. The molecule has 4 amide bonds. The van der Waals surface area contributed by atoms with E-state index < -0.39 is 0 Å². The lowest BCUT2D eigenvalue weighted by atomic mass is 9.97. The predicted molar refractivity (Wildman–Crippen MR) is 106 cm³/mol. The van der Waals surface area contributed by atoms with Crippen LogP contribution in [0.3, 0.4) is 0 Å². The van der Waals surface area contributed by atoms with E-state index in [1.165, 1.54) is 19.1 Å². The van der Waals surface area contributed by atoms with Crippen LogP contribution < -0.4 is 15.4 Å². The minimum Gasteiger partial charge on any atom is -0.495 e. The van der Waals surface area contributed by atoms with Crippen LogP contribution in [0, 0.1) is 5.92 Å². The van der Waals surface area contributed by atoms with Gasteiger partial charge in [0.15, 0.2) is 0 Å². The van der Waals surface area contributed by atoms with Crippen molar-refractivity contribution in [3.63, 3.8) is 0 Å². The summed E-state index contributed by atoms with van der Waals surface area (Å²) in [7, 11) is 6.32. The van der Waals surface area contributed by atoms with Crippen molar-refractivity contribution in [2.24, 2.45) is 5.92 Å². The van der Waals surface area contributed by atoms with Crippen LogP contribution in [0.1, 0.15) is 12.8 Å². The van der Waals surface area contributed by atoms with E-state index in [1.807, 2.05) is 0 Å². The Morgan fingerprint density at radius 2 is 1.96 bits per heavy atom. The minimum atomic E-state index is -0.325. The van der Waals surface area contributed by atoms with E-state index in [-0.39, 0.29) is 30.4 Å². The molecule has 1 aromatic carbocycles. The summed E-state index contributed by atoms with van der Waals surface area (Å²) in [6.07, 6.45) is 1.50. The van der Waals surface area contributed by atoms with Gasteiger partial charge in [-0.2, -0.15) is 0 Å². The lowest BCUT2D eigenvalue weighted by molar-refractivity contribution is -0.121. The van der Waals surface area contributed by atoms with E-state index in [0.29, 0.717) is 30.2 Å². The Bertz CT molecular complexity index is 722. The third-order valence-corrected chi connectivity index (χ3v) is 4.46. The van der Waals surface area contributed by atoms with Gasteiger partial charge in [0.2, 0.25) is 11.8 Å². The maximum atomic E-state index is 12.7. The number of hydrogen-bond acceptors (Lipinski definition) is 5. The molecule has 1 unspecified atom stereocenters. The van der Waals surface area contributed by atoms with Gasteiger partial charge in [0.05, 0.1) is 18.7 Å². The van der Waals surface area contributed by atoms with Crippen LogP contribution in [0.4, 0.5) is 16.2 Å². The summed E-state index contributed by atoms with van der Waals surface area (Å²) in [6.45, 7) is 0.951. The van der Waals surface area contributed by atoms with Crippen molar-refractivity contribution >= 4 is 29.2 Å². The maximum Gasteiger partial charge on any atom is 0.319 e. The molecule has 1 fully saturated rings. The summed E-state index contributed by atoms with van der Waals surface area (Å²) in [5.74, 6) is -0.292. The Morgan fingerprint density at radius 1 is 1.21 bits per heavy atom. The van der Waals surface area contributed by atoms with Crippen molar-refractivity contribution in [2.75, 3.05) is 58.6 Å². The third kappa shape index (κ3) is 5.59. The second kappa shape index (κ2) is 9.93. The van der Waals surface area contributed by atoms with Crippen LogP contribution in [0.5, 0.6) is 5.75 Å². The molecule has 0 spiro atoms. The Kier molecular flexibility index (Phi) is 7.62. The first-order valence-corrected chi connectivity index (χ1v) is 9.09. The highest BCUT2D eigenvalue weighted by atomic mass is 16.5. The molecule has 1 heterocycles. The number of amides is 4. The second-order valence-electron chi connectivity index (χ2n) is 6.85. The van der Waals surface area contributed by atoms with E-state index in [2.05, 4.69) is 10.6 Å². The number of benzene rings is 1. The number of hydrogen-bond donors (Lipinski definition) is 2. The van der Waals surface area contributed by atoms with Crippen molar-refractivity contribution in [1.29, 1.82) is 0 Å². The Labute approximate surface area is 165 Å². The van der Waals surface area contributed by atoms with Crippen molar-refractivity contribution in [2.45, 2.75) is 12.8 Å². The smallest absolute Gasteiger partial charge is 0.319 e. The maximum absolute atomic E-state index is 12.7. The Hall–Kier alpha value is -2.81. The standard InChI is InChI=1S/C19H28N4O5/c1-22(2)19(26)23-9-5-6-13(11-23)18(25)20-14-7-8-16(28-4)15(10-14)21-17(24)12-27-3/h7-8,10,13H,5-6,9,11-12H2,1-4H3,(H,20,25)(H,21,24). The van der Waals surface area contributed by atoms with Crippen LogP contribution in [0.2, 0.25) is 0 Å². The summed E-state index contributed by atoms with van der Waals surface area (Å²) in [4.78, 5) is 39.8. The zero-order valence-corrected chi connectivity index (χ0v) is 16.8. The van der Waals surface area contributed by atoms with Gasteiger partial charge in [-0.05, 0) is 31.0 Å². The highest BCUT2D eigenvalue weighted by molar-refractivity contribution is 5.96.